The third-order valence-electron chi connectivity index (χ3n) is 4.84. The maximum atomic E-state index is 13.1. The van der Waals surface area contributed by atoms with Crippen LogP contribution in [0.3, 0.4) is 0 Å². The molecule has 0 aliphatic rings. The van der Waals surface area contributed by atoms with Crippen LogP contribution in [0.25, 0.3) is 11.1 Å². The van der Waals surface area contributed by atoms with Crippen molar-refractivity contribution >= 4 is 21.8 Å². The minimum Gasteiger partial charge on any atom is -0.495 e. The first-order valence-corrected chi connectivity index (χ1v) is 11.2. The molecule has 9 heteroatoms. The molecule has 0 radical (unpaired) electrons. The fourth-order valence-electron chi connectivity index (χ4n) is 3.21. The second kappa shape index (κ2) is 9.32. The molecule has 0 bridgehead atoms. The van der Waals surface area contributed by atoms with Crippen molar-refractivity contribution in [3.8, 4) is 16.9 Å². The number of methoxy groups -OCH3 is 1. The Labute approximate surface area is 181 Å². The van der Waals surface area contributed by atoms with Crippen molar-refractivity contribution in [2.45, 2.75) is 31.6 Å². The Balaban J connectivity index is 1.94. The van der Waals surface area contributed by atoms with E-state index in [1.807, 2.05) is 37.3 Å². The maximum Gasteiger partial charge on any atom is 0.244 e. The minimum absolute atomic E-state index is 0.0119. The highest BCUT2D eigenvalue weighted by molar-refractivity contribution is 7.89. The predicted molar refractivity (Wildman–Crippen MR) is 118 cm³/mol. The minimum atomic E-state index is -3.88. The summed E-state index contributed by atoms with van der Waals surface area (Å²) in [7, 11) is -2.47. The number of carbonyl (C=O) groups excluding carboxylic acids is 1. The molecule has 0 aliphatic heterocycles. The topological polar surface area (TPSA) is 111 Å². The highest BCUT2D eigenvalue weighted by Crippen LogP contribution is 2.35. The summed E-state index contributed by atoms with van der Waals surface area (Å²) >= 11 is 0. The first kappa shape index (κ1) is 22.5. The van der Waals surface area contributed by atoms with Crippen LogP contribution in [0.15, 0.2) is 57.9 Å². The van der Waals surface area contributed by atoms with Crippen LogP contribution in [-0.4, -0.2) is 33.1 Å². The van der Waals surface area contributed by atoms with Crippen molar-refractivity contribution in [1.82, 2.24) is 9.88 Å². The molecule has 1 atom stereocenters. The summed E-state index contributed by atoms with van der Waals surface area (Å²) < 4.78 is 39.4. The van der Waals surface area contributed by atoms with Crippen molar-refractivity contribution < 1.29 is 22.5 Å². The van der Waals surface area contributed by atoms with E-state index in [1.54, 1.807) is 19.1 Å². The first-order valence-electron chi connectivity index (χ1n) is 9.69. The van der Waals surface area contributed by atoms with Gasteiger partial charge >= 0.3 is 0 Å². The van der Waals surface area contributed by atoms with Crippen molar-refractivity contribution in [2.24, 2.45) is 0 Å². The summed E-state index contributed by atoms with van der Waals surface area (Å²) in [6.45, 7) is 5.24. The molecule has 8 nitrogen and oxygen atoms in total. The molecular weight excluding hydrogens is 418 g/mol. The fourth-order valence-corrected chi connectivity index (χ4v) is 4.53. The number of hydrogen-bond acceptors (Lipinski definition) is 6. The summed E-state index contributed by atoms with van der Waals surface area (Å²) in [6, 6.07) is 14.4. The Kier molecular flexibility index (Phi) is 6.77. The average molecular weight is 444 g/mol. The molecule has 2 N–H and O–H groups in total. The lowest BCUT2D eigenvalue weighted by Crippen LogP contribution is -2.28. The zero-order chi connectivity index (χ0) is 22.6. The van der Waals surface area contributed by atoms with Crippen LogP contribution in [0.2, 0.25) is 0 Å². The summed E-state index contributed by atoms with van der Waals surface area (Å²) in [6.07, 6.45) is 0. The molecular formula is C22H25N3O5S. The van der Waals surface area contributed by atoms with Crippen LogP contribution in [0.1, 0.15) is 31.0 Å². The van der Waals surface area contributed by atoms with Crippen LogP contribution in [0, 0.1) is 6.92 Å². The van der Waals surface area contributed by atoms with Gasteiger partial charge in [-0.1, -0.05) is 48.5 Å². The van der Waals surface area contributed by atoms with Crippen LogP contribution in [-0.2, 0) is 14.8 Å². The third kappa shape index (κ3) is 5.12. The SMILES string of the molecule is COc1ccc(-c2c(C)noc2NC(C)=O)cc1S(=O)(=O)NC[C@H](C)c1ccccc1. The average Bonchev–Trinajstić information content (AvgIpc) is 3.11. The molecule has 0 saturated heterocycles. The summed E-state index contributed by atoms with van der Waals surface area (Å²) in [4.78, 5) is 11.5. The molecule has 164 valence electrons. The largest absolute Gasteiger partial charge is 0.495 e. The molecule has 3 aromatic rings. The predicted octanol–water partition coefficient (Wildman–Crippen LogP) is 3.70. The smallest absolute Gasteiger partial charge is 0.244 e. The number of sulfonamides is 1. The number of rotatable bonds is 8. The van der Waals surface area contributed by atoms with Crippen molar-refractivity contribution in [3.05, 3.63) is 59.8 Å². The highest BCUT2D eigenvalue weighted by Gasteiger charge is 2.24. The molecule has 1 amide bonds. The summed E-state index contributed by atoms with van der Waals surface area (Å²) in [5, 5.41) is 6.46. The van der Waals surface area contributed by atoms with E-state index < -0.39 is 10.0 Å². The molecule has 0 saturated carbocycles. The van der Waals surface area contributed by atoms with E-state index in [4.69, 9.17) is 9.26 Å². The number of aryl methyl sites for hydroxylation is 1. The number of anilines is 1. The molecule has 0 spiro atoms. The van der Waals surface area contributed by atoms with E-state index in [0.29, 0.717) is 16.8 Å². The van der Waals surface area contributed by atoms with E-state index in [-0.39, 0.29) is 34.9 Å². The van der Waals surface area contributed by atoms with E-state index in [0.717, 1.165) is 5.56 Å². The zero-order valence-corrected chi connectivity index (χ0v) is 18.6. The monoisotopic (exact) mass is 443 g/mol. The Morgan fingerprint density at radius 3 is 2.55 bits per heavy atom. The van der Waals surface area contributed by atoms with Gasteiger partial charge in [0.1, 0.15) is 10.6 Å². The van der Waals surface area contributed by atoms with Crippen molar-refractivity contribution in [1.29, 1.82) is 0 Å². The number of nitrogens with zero attached hydrogens (tertiary/aromatic N) is 1. The lowest BCUT2D eigenvalue weighted by Gasteiger charge is -2.16. The van der Waals surface area contributed by atoms with Crippen molar-refractivity contribution in [2.75, 3.05) is 19.0 Å². The molecule has 1 heterocycles. The molecule has 31 heavy (non-hydrogen) atoms. The second-order valence-corrected chi connectivity index (χ2v) is 8.92. The van der Waals surface area contributed by atoms with Gasteiger partial charge in [-0.2, -0.15) is 0 Å². The van der Waals surface area contributed by atoms with Gasteiger partial charge in [0.25, 0.3) is 0 Å². The summed E-state index contributed by atoms with van der Waals surface area (Å²) in [5.41, 5.74) is 2.58. The van der Waals surface area contributed by atoms with Crippen LogP contribution < -0.4 is 14.8 Å². The Morgan fingerprint density at radius 1 is 1.19 bits per heavy atom. The Morgan fingerprint density at radius 2 is 1.90 bits per heavy atom. The number of ether oxygens (including phenoxy) is 1. The van der Waals surface area contributed by atoms with Gasteiger partial charge in [0.05, 0.1) is 18.4 Å². The molecule has 2 aromatic carbocycles. The van der Waals surface area contributed by atoms with Gasteiger partial charge in [-0.3, -0.25) is 10.1 Å². The maximum absolute atomic E-state index is 13.1. The molecule has 0 aliphatic carbocycles. The van der Waals surface area contributed by atoms with E-state index in [1.165, 1.54) is 20.1 Å². The van der Waals surface area contributed by atoms with Crippen LogP contribution in [0.5, 0.6) is 5.75 Å². The van der Waals surface area contributed by atoms with Gasteiger partial charge in [-0.05, 0) is 36.1 Å². The molecule has 0 fully saturated rings. The second-order valence-electron chi connectivity index (χ2n) is 7.18. The summed E-state index contributed by atoms with van der Waals surface area (Å²) in [5.74, 6) is 0.0233. The van der Waals surface area contributed by atoms with Crippen molar-refractivity contribution in [3.63, 3.8) is 0 Å². The number of nitrogens with one attached hydrogen (secondary N) is 2. The van der Waals surface area contributed by atoms with Gasteiger partial charge in [0, 0.05) is 13.5 Å². The zero-order valence-electron chi connectivity index (χ0n) is 17.8. The molecule has 0 unspecified atom stereocenters. The van der Waals surface area contributed by atoms with Gasteiger partial charge in [-0.15, -0.1) is 0 Å². The lowest BCUT2D eigenvalue weighted by molar-refractivity contribution is -0.114. The van der Waals surface area contributed by atoms with Crippen LogP contribution in [0.4, 0.5) is 5.88 Å². The Bertz CT molecular complexity index is 1170. The number of carbonyl (C=O) groups is 1. The first-order chi connectivity index (χ1) is 14.7. The van der Waals surface area contributed by atoms with Gasteiger partial charge in [0.2, 0.25) is 21.8 Å². The molecule has 3 rings (SSSR count). The van der Waals surface area contributed by atoms with Crippen LogP contribution >= 0.6 is 0 Å². The normalized spacial score (nSPS) is 12.4. The highest BCUT2D eigenvalue weighted by atomic mass is 32.2. The Hall–Kier alpha value is -3.17. The van der Waals surface area contributed by atoms with Gasteiger partial charge in [-0.25, -0.2) is 13.1 Å². The number of amides is 1. The van der Waals surface area contributed by atoms with E-state index >= 15 is 0 Å². The number of benzene rings is 2. The van der Waals surface area contributed by atoms with Gasteiger partial charge < -0.3 is 9.26 Å². The standard InChI is InChI=1S/C22H25N3O5S/c1-14(17-8-6-5-7-9-17)13-23-31(27,28)20-12-18(10-11-19(20)29-4)21-15(2)25-30-22(21)24-16(3)26/h5-12,14,23H,13H2,1-4H3,(H,24,26)/t14-/m0/s1. The lowest BCUT2D eigenvalue weighted by atomic mass is 10.0. The number of hydrogen-bond donors (Lipinski definition) is 2. The molecule has 1 aromatic heterocycles. The van der Waals surface area contributed by atoms with E-state index in [9.17, 15) is 13.2 Å². The van der Waals surface area contributed by atoms with E-state index in [2.05, 4.69) is 15.2 Å². The third-order valence-corrected chi connectivity index (χ3v) is 6.29. The van der Waals surface area contributed by atoms with Gasteiger partial charge in [0.15, 0.2) is 0 Å². The number of aromatic nitrogens is 1. The quantitative estimate of drug-likeness (QED) is 0.549. The fraction of sp³-hybridized carbons (Fsp3) is 0.273.